The molecule has 2 N–H and O–H groups in total. The molecule has 1 rings (SSSR count). The van der Waals surface area contributed by atoms with E-state index in [0.717, 1.165) is 25.9 Å². The molecule has 0 spiro atoms. The number of hydrogen-bond donors (Lipinski definition) is 2. The molecule has 0 amide bonds. The summed E-state index contributed by atoms with van der Waals surface area (Å²) in [5, 5.41) is 12.3. The van der Waals surface area contributed by atoms with Gasteiger partial charge in [0.15, 0.2) is 0 Å². The van der Waals surface area contributed by atoms with Crippen molar-refractivity contribution in [1.82, 2.24) is 5.32 Å². The molecule has 1 fully saturated rings. The highest BCUT2D eigenvalue weighted by Crippen LogP contribution is 2.44. The maximum Gasteiger partial charge on any atom is 0.150 e. The zero-order valence-corrected chi connectivity index (χ0v) is 10.1. The smallest absolute Gasteiger partial charge is 0.150 e. The summed E-state index contributed by atoms with van der Waals surface area (Å²) in [7, 11) is -2.81. The lowest BCUT2D eigenvalue weighted by molar-refractivity contribution is 0.208. The van der Waals surface area contributed by atoms with Crippen LogP contribution in [0.15, 0.2) is 0 Å². The number of nitrogens with one attached hydrogen (secondary N) is 1. The van der Waals surface area contributed by atoms with Crippen LogP contribution in [0.3, 0.4) is 0 Å². The first kappa shape index (κ1) is 12.9. The SMILES string of the molecule is CCS(=O)(=O)CCCNCC1(CO)CC1. The van der Waals surface area contributed by atoms with Crippen molar-refractivity contribution in [2.45, 2.75) is 26.2 Å². The average molecular weight is 235 g/mol. The minimum absolute atomic E-state index is 0.115. The van der Waals surface area contributed by atoms with E-state index in [9.17, 15) is 8.42 Å². The van der Waals surface area contributed by atoms with Crippen LogP contribution in [0.2, 0.25) is 0 Å². The van der Waals surface area contributed by atoms with Gasteiger partial charge in [-0.25, -0.2) is 8.42 Å². The number of hydrogen-bond acceptors (Lipinski definition) is 4. The molecular weight excluding hydrogens is 214 g/mol. The first-order chi connectivity index (χ1) is 7.04. The van der Waals surface area contributed by atoms with Gasteiger partial charge in [0.25, 0.3) is 0 Å². The van der Waals surface area contributed by atoms with Crippen LogP contribution < -0.4 is 5.32 Å². The molecule has 0 aliphatic heterocycles. The van der Waals surface area contributed by atoms with Gasteiger partial charge in [0.05, 0.1) is 5.75 Å². The summed E-state index contributed by atoms with van der Waals surface area (Å²) in [6.07, 6.45) is 2.84. The van der Waals surface area contributed by atoms with Crippen molar-refractivity contribution in [3.63, 3.8) is 0 Å². The van der Waals surface area contributed by atoms with Crippen LogP contribution in [-0.2, 0) is 9.84 Å². The third-order valence-electron chi connectivity index (χ3n) is 3.04. The minimum atomic E-state index is -2.81. The standard InChI is InChI=1S/C10H21NO3S/c1-2-15(13,14)7-3-6-11-8-10(9-12)4-5-10/h11-12H,2-9H2,1H3. The molecule has 0 aromatic carbocycles. The molecule has 0 aromatic rings. The van der Waals surface area contributed by atoms with E-state index in [2.05, 4.69) is 5.32 Å². The van der Waals surface area contributed by atoms with Crippen molar-refractivity contribution in [1.29, 1.82) is 0 Å². The maximum absolute atomic E-state index is 11.2. The van der Waals surface area contributed by atoms with Crippen molar-refractivity contribution in [3.05, 3.63) is 0 Å². The van der Waals surface area contributed by atoms with Gasteiger partial charge in [-0.05, 0) is 25.8 Å². The van der Waals surface area contributed by atoms with E-state index >= 15 is 0 Å². The number of aliphatic hydroxyl groups is 1. The fraction of sp³-hybridized carbons (Fsp3) is 1.00. The molecule has 0 atom stereocenters. The lowest BCUT2D eigenvalue weighted by atomic mass is 10.1. The third-order valence-corrected chi connectivity index (χ3v) is 4.83. The zero-order chi connectivity index (χ0) is 11.4. The molecule has 0 radical (unpaired) electrons. The summed E-state index contributed by atoms with van der Waals surface area (Å²) < 4.78 is 22.3. The van der Waals surface area contributed by atoms with Crippen LogP contribution in [0.4, 0.5) is 0 Å². The maximum atomic E-state index is 11.2. The summed E-state index contributed by atoms with van der Waals surface area (Å²) in [6.45, 7) is 3.46. The topological polar surface area (TPSA) is 66.4 Å². The second-order valence-corrected chi connectivity index (χ2v) is 6.90. The van der Waals surface area contributed by atoms with Crippen LogP contribution in [0, 0.1) is 5.41 Å². The fourth-order valence-corrected chi connectivity index (χ4v) is 2.36. The Hall–Kier alpha value is -0.130. The van der Waals surface area contributed by atoms with Crippen LogP contribution in [0.5, 0.6) is 0 Å². The molecule has 0 bridgehead atoms. The van der Waals surface area contributed by atoms with Gasteiger partial charge in [0.2, 0.25) is 0 Å². The largest absolute Gasteiger partial charge is 0.396 e. The Morgan fingerprint density at radius 2 is 2.07 bits per heavy atom. The molecule has 1 aliphatic rings. The number of sulfone groups is 1. The molecule has 0 heterocycles. The van der Waals surface area contributed by atoms with E-state index in [1.165, 1.54) is 0 Å². The fourth-order valence-electron chi connectivity index (χ4n) is 1.48. The predicted octanol–water partition coefficient (Wildman–Crippen LogP) is 0.173. The van der Waals surface area contributed by atoms with Gasteiger partial charge in [-0.3, -0.25) is 0 Å². The normalized spacial score (nSPS) is 19.1. The molecule has 0 unspecified atom stereocenters. The van der Waals surface area contributed by atoms with Crippen molar-refractivity contribution in [2.75, 3.05) is 31.2 Å². The summed E-state index contributed by atoms with van der Waals surface area (Å²) in [5.74, 6) is 0.496. The van der Waals surface area contributed by atoms with E-state index in [0.29, 0.717) is 6.42 Å². The molecule has 4 nitrogen and oxygen atoms in total. The summed E-state index contributed by atoms with van der Waals surface area (Å²) in [4.78, 5) is 0. The predicted molar refractivity (Wildman–Crippen MR) is 60.6 cm³/mol. The third kappa shape index (κ3) is 4.49. The summed E-state index contributed by atoms with van der Waals surface area (Å²) >= 11 is 0. The highest BCUT2D eigenvalue weighted by atomic mass is 32.2. The highest BCUT2D eigenvalue weighted by molar-refractivity contribution is 7.91. The second kappa shape index (κ2) is 5.27. The van der Waals surface area contributed by atoms with Gasteiger partial charge in [-0.2, -0.15) is 0 Å². The Bertz CT molecular complexity index is 283. The Balaban J connectivity index is 2.03. The van der Waals surface area contributed by atoms with Crippen molar-refractivity contribution in [3.8, 4) is 0 Å². The van der Waals surface area contributed by atoms with Crippen LogP contribution in [0.1, 0.15) is 26.2 Å². The Morgan fingerprint density at radius 3 is 2.53 bits per heavy atom. The summed E-state index contributed by atoms with van der Waals surface area (Å²) in [5.41, 5.74) is 0.115. The van der Waals surface area contributed by atoms with E-state index in [1.54, 1.807) is 6.92 Å². The van der Waals surface area contributed by atoms with Crippen LogP contribution >= 0.6 is 0 Å². The average Bonchev–Trinajstić information content (AvgIpc) is 2.98. The highest BCUT2D eigenvalue weighted by Gasteiger charge is 2.41. The second-order valence-electron chi connectivity index (χ2n) is 4.42. The molecule has 15 heavy (non-hydrogen) atoms. The lowest BCUT2D eigenvalue weighted by Gasteiger charge is -2.12. The lowest BCUT2D eigenvalue weighted by Crippen LogP contribution is -2.28. The van der Waals surface area contributed by atoms with Crippen molar-refractivity contribution in [2.24, 2.45) is 5.41 Å². The van der Waals surface area contributed by atoms with Gasteiger partial charge in [-0.15, -0.1) is 0 Å². The Kier molecular flexibility index (Phi) is 4.55. The van der Waals surface area contributed by atoms with E-state index < -0.39 is 9.84 Å². The number of aliphatic hydroxyl groups excluding tert-OH is 1. The van der Waals surface area contributed by atoms with E-state index in [1.807, 2.05) is 0 Å². The molecule has 1 saturated carbocycles. The molecule has 0 saturated heterocycles. The van der Waals surface area contributed by atoms with Gasteiger partial charge < -0.3 is 10.4 Å². The van der Waals surface area contributed by atoms with Gasteiger partial charge in [-0.1, -0.05) is 6.92 Å². The van der Waals surface area contributed by atoms with Crippen LogP contribution in [-0.4, -0.2) is 44.7 Å². The summed E-state index contributed by atoms with van der Waals surface area (Å²) in [6, 6.07) is 0. The Labute approximate surface area is 92.0 Å². The minimum Gasteiger partial charge on any atom is -0.396 e. The molecule has 1 aliphatic carbocycles. The van der Waals surface area contributed by atoms with Crippen LogP contribution in [0.25, 0.3) is 0 Å². The molecule has 90 valence electrons. The van der Waals surface area contributed by atoms with E-state index in [-0.39, 0.29) is 23.5 Å². The molecule has 5 heteroatoms. The quantitative estimate of drug-likeness (QED) is 0.589. The first-order valence-electron chi connectivity index (χ1n) is 5.56. The van der Waals surface area contributed by atoms with Gasteiger partial charge in [0, 0.05) is 24.3 Å². The molecule has 0 aromatic heterocycles. The van der Waals surface area contributed by atoms with Gasteiger partial charge in [0.1, 0.15) is 9.84 Å². The Morgan fingerprint density at radius 1 is 1.40 bits per heavy atom. The first-order valence-corrected chi connectivity index (χ1v) is 7.38. The van der Waals surface area contributed by atoms with E-state index in [4.69, 9.17) is 5.11 Å². The number of rotatable bonds is 8. The van der Waals surface area contributed by atoms with Crippen molar-refractivity contribution >= 4 is 9.84 Å². The van der Waals surface area contributed by atoms with Crippen molar-refractivity contribution < 1.29 is 13.5 Å². The zero-order valence-electron chi connectivity index (χ0n) is 9.33. The van der Waals surface area contributed by atoms with Gasteiger partial charge >= 0.3 is 0 Å². The monoisotopic (exact) mass is 235 g/mol. The molecular formula is C10H21NO3S.